The first-order valence-corrected chi connectivity index (χ1v) is 10.5. The number of nitrogens with zero attached hydrogens (tertiary/aromatic N) is 2. The van der Waals surface area contributed by atoms with Crippen molar-refractivity contribution in [3.8, 4) is 0 Å². The van der Waals surface area contributed by atoms with Crippen LogP contribution < -0.4 is 10.6 Å². The second kappa shape index (κ2) is 12.7. The van der Waals surface area contributed by atoms with Gasteiger partial charge in [-0.25, -0.2) is 4.99 Å². The highest BCUT2D eigenvalue weighted by Crippen LogP contribution is 2.20. The second-order valence-electron chi connectivity index (χ2n) is 7.66. The van der Waals surface area contributed by atoms with Crippen molar-refractivity contribution in [2.45, 2.75) is 64.6 Å². The Morgan fingerprint density at radius 2 is 1.78 bits per heavy atom. The molecule has 5 nitrogen and oxygen atoms in total. The summed E-state index contributed by atoms with van der Waals surface area (Å²) in [5.41, 5.74) is 2.56. The SMILES string of the molecule is CCNC(=NCc1ccc(CN(C)C)cc1)NCCCOC1CCCCC1. The molecule has 0 amide bonds. The molecule has 0 radical (unpaired) electrons. The van der Waals surface area contributed by atoms with Crippen molar-refractivity contribution in [1.82, 2.24) is 15.5 Å². The minimum Gasteiger partial charge on any atom is -0.378 e. The predicted molar refractivity (Wildman–Crippen MR) is 114 cm³/mol. The number of benzene rings is 1. The number of ether oxygens (including phenoxy) is 1. The summed E-state index contributed by atoms with van der Waals surface area (Å²) >= 11 is 0. The summed E-state index contributed by atoms with van der Waals surface area (Å²) in [6, 6.07) is 8.72. The van der Waals surface area contributed by atoms with Crippen LogP contribution in [0.4, 0.5) is 0 Å². The molecular weight excluding hydrogens is 336 g/mol. The van der Waals surface area contributed by atoms with Gasteiger partial charge in [0.1, 0.15) is 0 Å². The molecule has 27 heavy (non-hydrogen) atoms. The molecule has 0 spiro atoms. The first-order valence-electron chi connectivity index (χ1n) is 10.5. The summed E-state index contributed by atoms with van der Waals surface area (Å²) in [6.07, 6.45) is 8.03. The van der Waals surface area contributed by atoms with Gasteiger partial charge in [0.25, 0.3) is 0 Å². The van der Waals surface area contributed by atoms with Crippen molar-refractivity contribution >= 4 is 5.96 Å². The smallest absolute Gasteiger partial charge is 0.191 e. The van der Waals surface area contributed by atoms with Gasteiger partial charge in [-0.15, -0.1) is 0 Å². The fourth-order valence-corrected chi connectivity index (χ4v) is 3.39. The fourth-order valence-electron chi connectivity index (χ4n) is 3.39. The zero-order chi connectivity index (χ0) is 19.3. The molecule has 0 aliphatic heterocycles. The normalized spacial score (nSPS) is 15.9. The van der Waals surface area contributed by atoms with E-state index in [1.807, 2.05) is 0 Å². The van der Waals surface area contributed by atoms with E-state index in [0.717, 1.165) is 38.6 Å². The summed E-state index contributed by atoms with van der Waals surface area (Å²) in [7, 11) is 4.18. The van der Waals surface area contributed by atoms with E-state index < -0.39 is 0 Å². The van der Waals surface area contributed by atoms with Crippen LogP contribution in [0.2, 0.25) is 0 Å². The van der Waals surface area contributed by atoms with Gasteiger partial charge in [-0.05, 0) is 51.4 Å². The van der Waals surface area contributed by atoms with Crippen molar-refractivity contribution in [2.75, 3.05) is 33.8 Å². The van der Waals surface area contributed by atoms with Gasteiger partial charge < -0.3 is 20.3 Å². The lowest BCUT2D eigenvalue weighted by Crippen LogP contribution is -2.38. The molecule has 0 aromatic heterocycles. The van der Waals surface area contributed by atoms with Gasteiger partial charge in [-0.1, -0.05) is 43.5 Å². The molecule has 1 fully saturated rings. The van der Waals surface area contributed by atoms with Crippen molar-refractivity contribution in [3.63, 3.8) is 0 Å². The van der Waals surface area contributed by atoms with Crippen LogP contribution in [0.25, 0.3) is 0 Å². The Morgan fingerprint density at radius 3 is 2.44 bits per heavy atom. The van der Waals surface area contributed by atoms with Crippen molar-refractivity contribution in [3.05, 3.63) is 35.4 Å². The number of nitrogens with one attached hydrogen (secondary N) is 2. The molecule has 2 N–H and O–H groups in total. The Bertz CT molecular complexity index is 536. The maximum Gasteiger partial charge on any atom is 0.191 e. The van der Waals surface area contributed by atoms with Crippen LogP contribution >= 0.6 is 0 Å². The molecule has 1 aromatic carbocycles. The van der Waals surface area contributed by atoms with Crippen LogP contribution in [-0.4, -0.2) is 50.8 Å². The molecule has 0 saturated heterocycles. The van der Waals surface area contributed by atoms with E-state index in [0.29, 0.717) is 12.6 Å². The van der Waals surface area contributed by atoms with Crippen LogP contribution in [0, 0.1) is 0 Å². The predicted octanol–water partition coefficient (Wildman–Crippen LogP) is 3.54. The van der Waals surface area contributed by atoms with E-state index in [1.54, 1.807) is 0 Å². The molecule has 0 atom stereocenters. The Kier molecular flexibility index (Phi) is 10.2. The molecular formula is C22H38N4O. The summed E-state index contributed by atoms with van der Waals surface area (Å²) in [4.78, 5) is 6.88. The van der Waals surface area contributed by atoms with Crippen molar-refractivity contribution in [1.29, 1.82) is 0 Å². The van der Waals surface area contributed by atoms with Gasteiger partial charge in [-0.3, -0.25) is 0 Å². The van der Waals surface area contributed by atoms with E-state index in [2.05, 4.69) is 60.8 Å². The minimum absolute atomic E-state index is 0.496. The second-order valence-corrected chi connectivity index (χ2v) is 7.66. The quantitative estimate of drug-likeness (QED) is 0.374. The van der Waals surface area contributed by atoms with Crippen LogP contribution in [0.1, 0.15) is 56.6 Å². The number of aliphatic imine (C=N–C) groups is 1. The lowest BCUT2D eigenvalue weighted by atomic mass is 9.98. The topological polar surface area (TPSA) is 48.9 Å². The Labute approximate surface area is 165 Å². The zero-order valence-electron chi connectivity index (χ0n) is 17.5. The Morgan fingerprint density at radius 1 is 1.07 bits per heavy atom. The first kappa shape index (κ1) is 21.7. The summed E-state index contributed by atoms with van der Waals surface area (Å²) in [6.45, 7) is 6.35. The maximum atomic E-state index is 5.99. The van der Waals surface area contributed by atoms with Gasteiger partial charge in [0.05, 0.1) is 12.6 Å². The van der Waals surface area contributed by atoms with Gasteiger partial charge in [0, 0.05) is 26.2 Å². The lowest BCUT2D eigenvalue weighted by molar-refractivity contribution is 0.0277. The standard InChI is InChI=1S/C22H38N4O/c1-4-23-22(24-15-8-16-27-21-9-6-5-7-10-21)25-17-19-11-13-20(14-12-19)18-26(2)3/h11-14,21H,4-10,15-18H2,1-3H3,(H2,23,24,25). The van der Waals surface area contributed by atoms with E-state index in [4.69, 9.17) is 9.73 Å². The molecule has 1 saturated carbocycles. The highest BCUT2D eigenvalue weighted by atomic mass is 16.5. The molecule has 1 aliphatic rings. The molecule has 5 heteroatoms. The summed E-state index contributed by atoms with van der Waals surface area (Å²) < 4.78 is 5.99. The Hall–Kier alpha value is -1.59. The summed E-state index contributed by atoms with van der Waals surface area (Å²) in [5, 5.41) is 6.74. The monoisotopic (exact) mass is 374 g/mol. The maximum absolute atomic E-state index is 5.99. The summed E-state index contributed by atoms with van der Waals surface area (Å²) in [5.74, 6) is 0.882. The molecule has 0 heterocycles. The van der Waals surface area contributed by atoms with Gasteiger partial charge in [-0.2, -0.15) is 0 Å². The fraction of sp³-hybridized carbons (Fsp3) is 0.682. The number of hydrogen-bond donors (Lipinski definition) is 2. The average Bonchev–Trinajstić information content (AvgIpc) is 2.67. The lowest BCUT2D eigenvalue weighted by Gasteiger charge is -2.22. The number of rotatable bonds is 10. The van der Waals surface area contributed by atoms with Crippen molar-refractivity contribution < 1.29 is 4.74 Å². The van der Waals surface area contributed by atoms with Crippen LogP contribution in [0.5, 0.6) is 0 Å². The molecule has 1 aromatic rings. The van der Waals surface area contributed by atoms with Crippen molar-refractivity contribution in [2.24, 2.45) is 4.99 Å². The van der Waals surface area contributed by atoms with E-state index in [9.17, 15) is 0 Å². The van der Waals surface area contributed by atoms with E-state index in [-0.39, 0.29) is 0 Å². The Balaban J connectivity index is 1.69. The highest BCUT2D eigenvalue weighted by Gasteiger charge is 2.12. The molecule has 152 valence electrons. The van der Waals surface area contributed by atoms with Gasteiger partial charge in [0.2, 0.25) is 0 Å². The first-order chi connectivity index (χ1) is 13.2. The average molecular weight is 375 g/mol. The zero-order valence-corrected chi connectivity index (χ0v) is 17.5. The molecule has 0 bridgehead atoms. The third-order valence-corrected chi connectivity index (χ3v) is 4.81. The van der Waals surface area contributed by atoms with E-state index >= 15 is 0 Å². The van der Waals surface area contributed by atoms with Crippen LogP contribution in [0.15, 0.2) is 29.3 Å². The van der Waals surface area contributed by atoms with Crippen LogP contribution in [0.3, 0.4) is 0 Å². The van der Waals surface area contributed by atoms with Gasteiger partial charge in [0.15, 0.2) is 5.96 Å². The minimum atomic E-state index is 0.496. The number of guanidine groups is 1. The molecule has 0 unspecified atom stereocenters. The van der Waals surface area contributed by atoms with Crippen LogP contribution in [-0.2, 0) is 17.8 Å². The highest BCUT2D eigenvalue weighted by molar-refractivity contribution is 5.79. The third-order valence-electron chi connectivity index (χ3n) is 4.81. The largest absolute Gasteiger partial charge is 0.378 e. The number of hydrogen-bond acceptors (Lipinski definition) is 3. The third kappa shape index (κ3) is 9.25. The van der Waals surface area contributed by atoms with Gasteiger partial charge >= 0.3 is 0 Å². The van der Waals surface area contributed by atoms with E-state index in [1.165, 1.54) is 43.2 Å². The molecule has 2 rings (SSSR count). The molecule has 1 aliphatic carbocycles.